The number of carbonyl (C=O) groups is 1. The Morgan fingerprint density at radius 3 is 2.76 bits per heavy atom. The quantitative estimate of drug-likeness (QED) is 0.623. The summed E-state index contributed by atoms with van der Waals surface area (Å²) >= 11 is 0. The summed E-state index contributed by atoms with van der Waals surface area (Å²) in [5, 5.41) is 8.86. The van der Waals surface area contributed by atoms with E-state index in [4.69, 9.17) is 10.00 Å². The minimum atomic E-state index is -0.148. The van der Waals surface area contributed by atoms with Crippen molar-refractivity contribution in [2.24, 2.45) is 17.3 Å². The summed E-state index contributed by atoms with van der Waals surface area (Å²) in [4.78, 5) is 12.2. The molecule has 0 heterocycles. The molecule has 0 unspecified atom stereocenters. The zero-order valence-corrected chi connectivity index (χ0v) is 13.0. The Morgan fingerprint density at radius 2 is 2.14 bits per heavy atom. The molecule has 0 aromatic heterocycles. The number of hydrogen-bond donors (Lipinski definition) is 0. The van der Waals surface area contributed by atoms with Gasteiger partial charge in [-0.1, -0.05) is 37.6 Å². The maximum absolute atomic E-state index is 12.2. The summed E-state index contributed by atoms with van der Waals surface area (Å²) < 4.78 is 5.42. The second-order valence-electron chi connectivity index (χ2n) is 6.49. The molecule has 2 atom stereocenters. The van der Waals surface area contributed by atoms with Gasteiger partial charge in [-0.3, -0.25) is 4.79 Å². The van der Waals surface area contributed by atoms with Gasteiger partial charge in [0.1, 0.15) is 6.61 Å². The molecule has 0 radical (unpaired) electrons. The molecule has 3 nitrogen and oxygen atoms in total. The average molecular weight is 283 g/mol. The Labute approximate surface area is 126 Å². The van der Waals surface area contributed by atoms with Gasteiger partial charge in [-0.05, 0) is 42.9 Å². The van der Waals surface area contributed by atoms with Gasteiger partial charge in [-0.15, -0.1) is 0 Å². The smallest absolute Gasteiger partial charge is 0.310 e. The van der Waals surface area contributed by atoms with Crippen LogP contribution in [0.3, 0.4) is 0 Å². The van der Waals surface area contributed by atoms with Gasteiger partial charge in [0.15, 0.2) is 0 Å². The van der Waals surface area contributed by atoms with E-state index < -0.39 is 0 Å². The first-order valence-electron chi connectivity index (χ1n) is 7.17. The van der Waals surface area contributed by atoms with E-state index in [2.05, 4.69) is 26.0 Å². The van der Waals surface area contributed by atoms with E-state index in [1.807, 2.05) is 19.9 Å². The molecule has 1 aliphatic rings. The van der Waals surface area contributed by atoms with Crippen molar-refractivity contribution >= 4 is 5.97 Å². The lowest BCUT2D eigenvalue weighted by Gasteiger charge is -2.06. The van der Waals surface area contributed by atoms with Crippen LogP contribution in [0.15, 0.2) is 35.9 Å². The van der Waals surface area contributed by atoms with Crippen molar-refractivity contribution in [1.29, 1.82) is 5.26 Å². The van der Waals surface area contributed by atoms with E-state index in [1.165, 1.54) is 5.57 Å². The zero-order valence-electron chi connectivity index (χ0n) is 13.0. The van der Waals surface area contributed by atoms with Gasteiger partial charge in [0.05, 0.1) is 17.6 Å². The van der Waals surface area contributed by atoms with Gasteiger partial charge in [-0.25, -0.2) is 0 Å². The summed E-state index contributed by atoms with van der Waals surface area (Å²) in [5.74, 6) is 0.0526. The third-order valence-corrected chi connectivity index (χ3v) is 4.11. The molecule has 110 valence electrons. The molecule has 1 aromatic rings. The number of nitrogens with zero attached hydrogens (tertiary/aromatic N) is 1. The Hall–Kier alpha value is -2.08. The Bertz CT molecular complexity index is 618. The van der Waals surface area contributed by atoms with E-state index >= 15 is 0 Å². The van der Waals surface area contributed by atoms with Crippen molar-refractivity contribution in [3.8, 4) is 6.07 Å². The Morgan fingerprint density at radius 1 is 1.43 bits per heavy atom. The van der Waals surface area contributed by atoms with E-state index in [0.29, 0.717) is 5.56 Å². The molecular weight excluding hydrogens is 262 g/mol. The van der Waals surface area contributed by atoms with Gasteiger partial charge >= 0.3 is 5.97 Å². The Balaban J connectivity index is 1.97. The minimum Gasteiger partial charge on any atom is -0.461 e. The first kappa shape index (κ1) is 15.3. The van der Waals surface area contributed by atoms with Crippen LogP contribution in [0.5, 0.6) is 0 Å². The van der Waals surface area contributed by atoms with E-state index in [-0.39, 0.29) is 29.8 Å². The molecule has 2 rings (SSSR count). The van der Waals surface area contributed by atoms with Gasteiger partial charge < -0.3 is 4.74 Å². The summed E-state index contributed by atoms with van der Waals surface area (Å²) in [6, 6.07) is 9.23. The highest BCUT2D eigenvalue weighted by atomic mass is 16.5. The minimum absolute atomic E-state index is 0.0249. The van der Waals surface area contributed by atoms with E-state index in [1.54, 1.807) is 18.2 Å². The molecule has 0 spiro atoms. The summed E-state index contributed by atoms with van der Waals surface area (Å²) in [6.07, 6.45) is 2.15. The van der Waals surface area contributed by atoms with E-state index in [9.17, 15) is 4.79 Å². The van der Waals surface area contributed by atoms with Crippen molar-refractivity contribution in [3.05, 3.63) is 47.0 Å². The second kappa shape index (κ2) is 5.73. The van der Waals surface area contributed by atoms with Crippen LogP contribution in [0.2, 0.25) is 0 Å². The maximum atomic E-state index is 12.2. The molecular formula is C18H21NO2. The van der Waals surface area contributed by atoms with Gasteiger partial charge in [-0.2, -0.15) is 5.26 Å². The van der Waals surface area contributed by atoms with Crippen LogP contribution in [-0.4, -0.2) is 5.97 Å². The van der Waals surface area contributed by atoms with Crippen LogP contribution in [-0.2, 0) is 16.1 Å². The number of rotatable bonds is 4. The SMILES string of the molecule is CC(C)=C[C@H]1[C@@H](C(=O)OCc2cccc(C#N)c2)C1(C)C. The average Bonchev–Trinajstić information content (AvgIpc) is 2.96. The van der Waals surface area contributed by atoms with Crippen molar-refractivity contribution in [3.63, 3.8) is 0 Å². The molecule has 0 N–H and O–H groups in total. The summed E-state index contributed by atoms with van der Waals surface area (Å²) in [6.45, 7) is 8.51. The third-order valence-electron chi connectivity index (χ3n) is 4.11. The topological polar surface area (TPSA) is 50.1 Å². The lowest BCUT2D eigenvalue weighted by Crippen LogP contribution is -2.10. The normalized spacial score (nSPS) is 22.0. The fourth-order valence-electron chi connectivity index (χ4n) is 2.77. The predicted octanol–water partition coefficient (Wildman–Crippen LogP) is 3.84. The van der Waals surface area contributed by atoms with Crippen LogP contribution < -0.4 is 0 Å². The van der Waals surface area contributed by atoms with Crippen LogP contribution in [0.25, 0.3) is 0 Å². The molecule has 0 aliphatic heterocycles. The van der Waals surface area contributed by atoms with Crippen molar-refractivity contribution in [2.45, 2.75) is 34.3 Å². The van der Waals surface area contributed by atoms with Crippen LogP contribution in [0.4, 0.5) is 0 Å². The molecule has 3 heteroatoms. The number of allylic oxidation sites excluding steroid dienone is 2. The Kier molecular flexibility index (Phi) is 4.18. The lowest BCUT2D eigenvalue weighted by atomic mass is 10.1. The van der Waals surface area contributed by atoms with Crippen LogP contribution in [0, 0.1) is 28.6 Å². The number of ether oxygens (including phenoxy) is 1. The molecule has 0 bridgehead atoms. The molecule has 0 saturated heterocycles. The van der Waals surface area contributed by atoms with Gasteiger partial charge in [0, 0.05) is 0 Å². The highest BCUT2D eigenvalue weighted by molar-refractivity contribution is 5.78. The van der Waals surface area contributed by atoms with Crippen LogP contribution >= 0.6 is 0 Å². The molecule has 1 aliphatic carbocycles. The zero-order chi connectivity index (χ0) is 15.6. The first-order chi connectivity index (χ1) is 9.86. The number of benzene rings is 1. The molecule has 1 aromatic carbocycles. The van der Waals surface area contributed by atoms with Crippen LogP contribution in [0.1, 0.15) is 38.8 Å². The first-order valence-corrected chi connectivity index (χ1v) is 7.17. The molecule has 21 heavy (non-hydrogen) atoms. The highest BCUT2D eigenvalue weighted by Crippen LogP contribution is 2.59. The fourth-order valence-corrected chi connectivity index (χ4v) is 2.77. The van der Waals surface area contributed by atoms with E-state index in [0.717, 1.165) is 5.56 Å². The number of carbonyl (C=O) groups excluding carboxylic acids is 1. The van der Waals surface area contributed by atoms with Crippen molar-refractivity contribution < 1.29 is 9.53 Å². The summed E-state index contributed by atoms with van der Waals surface area (Å²) in [7, 11) is 0. The second-order valence-corrected chi connectivity index (χ2v) is 6.49. The number of nitriles is 1. The largest absolute Gasteiger partial charge is 0.461 e. The molecule has 1 saturated carbocycles. The highest BCUT2D eigenvalue weighted by Gasteiger charge is 2.61. The standard InChI is InChI=1S/C18H21NO2/c1-12(2)8-15-16(18(15,3)4)17(20)21-11-14-7-5-6-13(9-14)10-19/h5-9,15-16H,11H2,1-4H3/t15-,16-/m0/s1. The lowest BCUT2D eigenvalue weighted by molar-refractivity contribution is -0.147. The monoisotopic (exact) mass is 283 g/mol. The molecule has 1 fully saturated rings. The van der Waals surface area contributed by atoms with Gasteiger partial charge in [0.25, 0.3) is 0 Å². The summed E-state index contributed by atoms with van der Waals surface area (Å²) in [5.41, 5.74) is 2.63. The van der Waals surface area contributed by atoms with Crippen molar-refractivity contribution in [2.75, 3.05) is 0 Å². The fraction of sp³-hybridized carbons (Fsp3) is 0.444. The predicted molar refractivity (Wildman–Crippen MR) is 81.1 cm³/mol. The van der Waals surface area contributed by atoms with Gasteiger partial charge in [0.2, 0.25) is 0 Å². The van der Waals surface area contributed by atoms with Crippen molar-refractivity contribution in [1.82, 2.24) is 0 Å². The third kappa shape index (κ3) is 3.33. The number of hydrogen-bond acceptors (Lipinski definition) is 3. The number of esters is 1. The maximum Gasteiger partial charge on any atom is 0.310 e. The molecule has 0 amide bonds.